The van der Waals surface area contributed by atoms with Crippen molar-refractivity contribution < 1.29 is 0 Å². The number of nitrogens with zero attached hydrogens (tertiary/aromatic N) is 2. The normalized spacial score (nSPS) is 12.6. The van der Waals surface area contributed by atoms with E-state index in [2.05, 4.69) is 43.9 Å². The first-order chi connectivity index (χ1) is 9.21. The Hall–Kier alpha value is -1.28. The van der Waals surface area contributed by atoms with Crippen LogP contribution < -0.4 is 4.90 Å². The number of benzene rings is 1. The Morgan fingerprint density at radius 2 is 2.00 bits per heavy atom. The van der Waals surface area contributed by atoms with Crippen molar-refractivity contribution in [3.8, 4) is 0 Å². The number of hydrogen-bond acceptors (Lipinski definition) is 2. The summed E-state index contributed by atoms with van der Waals surface area (Å²) in [4.78, 5) is 7.17. The van der Waals surface area contributed by atoms with Crippen LogP contribution >= 0.6 is 11.6 Å². The molecule has 1 heterocycles. The van der Waals surface area contributed by atoms with E-state index < -0.39 is 0 Å². The van der Waals surface area contributed by atoms with Crippen molar-refractivity contribution in [1.29, 1.82) is 0 Å². The molecule has 0 aliphatic heterocycles. The van der Waals surface area contributed by atoms with Crippen LogP contribution in [0.15, 0.2) is 30.3 Å². The maximum absolute atomic E-state index is 6.11. The molecule has 102 valence electrons. The highest BCUT2D eigenvalue weighted by atomic mass is 35.5. The first kappa shape index (κ1) is 14.1. The molecular formula is C16H21ClN2. The Bertz CT molecular complexity index is 553. The smallest absolute Gasteiger partial charge is 0.133 e. The van der Waals surface area contributed by atoms with Gasteiger partial charge in [0.15, 0.2) is 0 Å². The van der Waals surface area contributed by atoms with Crippen LogP contribution in [0.5, 0.6) is 0 Å². The summed E-state index contributed by atoms with van der Waals surface area (Å²) in [7, 11) is 0. The molecule has 2 nitrogen and oxygen atoms in total. The molecule has 0 saturated carbocycles. The van der Waals surface area contributed by atoms with Gasteiger partial charge in [0.25, 0.3) is 0 Å². The zero-order chi connectivity index (χ0) is 13.8. The molecule has 2 aromatic rings. The van der Waals surface area contributed by atoms with Gasteiger partial charge in [0.2, 0.25) is 0 Å². The van der Waals surface area contributed by atoms with E-state index in [1.807, 2.05) is 12.1 Å². The molecule has 0 bridgehead atoms. The summed E-state index contributed by atoms with van der Waals surface area (Å²) < 4.78 is 0. The summed E-state index contributed by atoms with van der Waals surface area (Å²) in [5, 5.41) is 1.15. The second kappa shape index (κ2) is 6.25. The van der Waals surface area contributed by atoms with Crippen LogP contribution in [0.3, 0.4) is 0 Å². The Kier molecular flexibility index (Phi) is 4.65. The fourth-order valence-electron chi connectivity index (χ4n) is 2.39. The topological polar surface area (TPSA) is 16.1 Å². The molecule has 0 radical (unpaired) electrons. The van der Waals surface area contributed by atoms with Gasteiger partial charge in [-0.05, 0) is 32.4 Å². The van der Waals surface area contributed by atoms with E-state index in [9.17, 15) is 0 Å². The fraction of sp³-hybridized carbons (Fsp3) is 0.438. The van der Waals surface area contributed by atoms with E-state index in [1.54, 1.807) is 0 Å². The minimum atomic E-state index is 0.473. The molecule has 0 aliphatic carbocycles. The molecule has 1 atom stereocenters. The predicted octanol–water partition coefficient (Wildman–Crippen LogP) is 4.60. The molecule has 1 aromatic heterocycles. The van der Waals surface area contributed by atoms with Gasteiger partial charge < -0.3 is 4.90 Å². The van der Waals surface area contributed by atoms with Crippen LogP contribution in [-0.2, 0) is 5.88 Å². The molecule has 2 rings (SSSR count). The first-order valence-electron chi connectivity index (χ1n) is 6.92. The van der Waals surface area contributed by atoms with Crippen LogP contribution in [0.1, 0.15) is 32.8 Å². The van der Waals surface area contributed by atoms with Gasteiger partial charge in [-0.3, -0.25) is 0 Å². The lowest BCUT2D eigenvalue weighted by molar-refractivity contribution is 0.622. The number of alkyl halides is 1. The van der Waals surface area contributed by atoms with Crippen LogP contribution in [0.4, 0.5) is 5.82 Å². The summed E-state index contributed by atoms with van der Waals surface area (Å²) in [6, 6.07) is 10.8. The number of rotatable bonds is 5. The molecule has 0 spiro atoms. The number of fused-ring (bicyclic) bond motifs is 1. The van der Waals surface area contributed by atoms with Gasteiger partial charge in [-0.25, -0.2) is 4.98 Å². The summed E-state index contributed by atoms with van der Waals surface area (Å²) >= 11 is 6.11. The van der Waals surface area contributed by atoms with Gasteiger partial charge in [0, 0.05) is 23.5 Å². The predicted molar refractivity (Wildman–Crippen MR) is 84.1 cm³/mol. The van der Waals surface area contributed by atoms with Gasteiger partial charge in [-0.15, -0.1) is 11.6 Å². The standard InChI is InChI=1S/C16H21ClN2/c1-4-12(3)19(5-2)16-14(11-17)10-13-8-6-7-9-15(13)18-16/h6-10,12H,4-5,11H2,1-3H3. The van der Waals surface area contributed by atoms with Gasteiger partial charge in [-0.1, -0.05) is 25.1 Å². The number of anilines is 1. The lowest BCUT2D eigenvalue weighted by atomic mass is 10.1. The fourth-order valence-corrected chi connectivity index (χ4v) is 2.58. The Morgan fingerprint density at radius 3 is 2.63 bits per heavy atom. The summed E-state index contributed by atoms with van der Waals surface area (Å²) in [5.41, 5.74) is 2.15. The van der Waals surface area contributed by atoms with Crippen LogP contribution in [0.2, 0.25) is 0 Å². The average molecular weight is 277 g/mol. The third-order valence-corrected chi connectivity index (χ3v) is 3.95. The van der Waals surface area contributed by atoms with Crippen LogP contribution in [-0.4, -0.2) is 17.6 Å². The Balaban J connectivity index is 2.56. The van der Waals surface area contributed by atoms with Gasteiger partial charge in [0.1, 0.15) is 5.82 Å². The third-order valence-electron chi connectivity index (χ3n) is 3.66. The van der Waals surface area contributed by atoms with E-state index in [0.29, 0.717) is 11.9 Å². The van der Waals surface area contributed by atoms with E-state index in [0.717, 1.165) is 35.2 Å². The maximum atomic E-state index is 6.11. The SMILES string of the molecule is CCC(C)N(CC)c1nc2ccccc2cc1CCl. The van der Waals surface area contributed by atoms with Gasteiger partial charge in [0.05, 0.1) is 11.4 Å². The quantitative estimate of drug-likeness (QED) is 0.742. The minimum absolute atomic E-state index is 0.473. The van der Waals surface area contributed by atoms with Crippen molar-refractivity contribution in [1.82, 2.24) is 4.98 Å². The Labute approximate surface area is 120 Å². The number of hydrogen-bond donors (Lipinski definition) is 0. The van der Waals surface area contributed by atoms with Gasteiger partial charge >= 0.3 is 0 Å². The molecule has 0 saturated heterocycles. The van der Waals surface area contributed by atoms with Gasteiger partial charge in [-0.2, -0.15) is 0 Å². The van der Waals surface area contributed by atoms with Crippen molar-refractivity contribution >= 4 is 28.3 Å². The zero-order valence-electron chi connectivity index (χ0n) is 11.9. The van der Waals surface area contributed by atoms with E-state index in [-0.39, 0.29) is 0 Å². The summed E-state index contributed by atoms with van der Waals surface area (Å²) in [6.45, 7) is 7.55. The Morgan fingerprint density at radius 1 is 1.26 bits per heavy atom. The molecule has 1 aromatic carbocycles. The third kappa shape index (κ3) is 2.84. The molecule has 3 heteroatoms. The zero-order valence-corrected chi connectivity index (χ0v) is 12.6. The van der Waals surface area contributed by atoms with E-state index in [4.69, 9.17) is 16.6 Å². The van der Waals surface area contributed by atoms with Crippen LogP contribution in [0.25, 0.3) is 10.9 Å². The van der Waals surface area contributed by atoms with Crippen molar-refractivity contribution in [3.05, 3.63) is 35.9 Å². The first-order valence-corrected chi connectivity index (χ1v) is 7.46. The molecular weight excluding hydrogens is 256 g/mol. The van der Waals surface area contributed by atoms with Crippen molar-refractivity contribution in [3.63, 3.8) is 0 Å². The lowest BCUT2D eigenvalue weighted by Gasteiger charge is -2.30. The second-order valence-electron chi connectivity index (χ2n) is 4.84. The molecule has 0 amide bonds. The molecule has 0 fully saturated rings. The molecule has 1 unspecified atom stereocenters. The summed E-state index contributed by atoms with van der Waals surface area (Å²) in [6.07, 6.45) is 1.10. The van der Waals surface area contributed by atoms with Crippen molar-refractivity contribution in [2.24, 2.45) is 0 Å². The maximum Gasteiger partial charge on any atom is 0.133 e. The number of aromatic nitrogens is 1. The highest BCUT2D eigenvalue weighted by Gasteiger charge is 2.16. The van der Waals surface area contributed by atoms with Crippen molar-refractivity contribution in [2.75, 3.05) is 11.4 Å². The minimum Gasteiger partial charge on any atom is -0.354 e. The van der Waals surface area contributed by atoms with Crippen LogP contribution in [0, 0.1) is 0 Å². The van der Waals surface area contributed by atoms with E-state index >= 15 is 0 Å². The van der Waals surface area contributed by atoms with Crippen molar-refractivity contribution in [2.45, 2.75) is 39.1 Å². The average Bonchev–Trinajstić information content (AvgIpc) is 2.46. The highest BCUT2D eigenvalue weighted by Crippen LogP contribution is 2.26. The largest absolute Gasteiger partial charge is 0.354 e. The monoisotopic (exact) mass is 276 g/mol. The molecule has 19 heavy (non-hydrogen) atoms. The molecule has 0 aliphatic rings. The second-order valence-corrected chi connectivity index (χ2v) is 5.11. The molecule has 0 N–H and O–H groups in total. The van der Waals surface area contributed by atoms with E-state index in [1.165, 1.54) is 0 Å². The number of halogens is 1. The highest BCUT2D eigenvalue weighted by molar-refractivity contribution is 6.17. The number of pyridine rings is 1. The number of para-hydroxylation sites is 1. The summed E-state index contributed by atoms with van der Waals surface area (Å²) in [5.74, 6) is 1.53. The lowest BCUT2D eigenvalue weighted by Crippen LogP contribution is -2.33.